The normalized spacial score (nSPS) is 2.29. The van der Waals surface area contributed by atoms with Gasteiger partial charge in [0.2, 0.25) is 0 Å². The standard InChI is InChI=1S/2C2H3N.Ni/c2*1-2-3;/h2*1H3;. The molecule has 0 rings (SSSR count). The molecule has 0 bridgehead atoms. The van der Waals surface area contributed by atoms with Crippen LogP contribution >= 0.6 is 0 Å². The van der Waals surface area contributed by atoms with Gasteiger partial charge in [-0.1, -0.05) is 0 Å². The monoisotopic (exact) mass is 140 g/mol. The summed E-state index contributed by atoms with van der Waals surface area (Å²) in [5, 5.41) is 14.6. The Morgan fingerprint density at radius 1 is 1.00 bits per heavy atom. The summed E-state index contributed by atoms with van der Waals surface area (Å²) in [6, 6.07) is 3.50. The molecule has 3 heteroatoms. The van der Waals surface area contributed by atoms with Gasteiger partial charge in [0, 0.05) is 30.3 Å². The van der Waals surface area contributed by atoms with Gasteiger partial charge in [-0.05, 0) is 0 Å². The van der Waals surface area contributed by atoms with Gasteiger partial charge in [-0.15, -0.1) is 0 Å². The summed E-state index contributed by atoms with van der Waals surface area (Å²) in [4.78, 5) is 0. The molecule has 0 N–H and O–H groups in total. The van der Waals surface area contributed by atoms with Crippen molar-refractivity contribution in [3.05, 3.63) is 0 Å². The second-order valence-corrected chi connectivity index (χ2v) is 0.447. The van der Waals surface area contributed by atoms with Gasteiger partial charge in [0.15, 0.2) is 0 Å². The van der Waals surface area contributed by atoms with E-state index in [1.807, 2.05) is 0 Å². The third-order valence-corrected chi connectivity index (χ3v) is 0. The van der Waals surface area contributed by atoms with Crippen LogP contribution in [-0.4, -0.2) is 0 Å². The Morgan fingerprint density at radius 3 is 1.00 bits per heavy atom. The Hall–Kier alpha value is -0.526. The molecule has 7 heavy (non-hydrogen) atoms. The maximum Gasteiger partial charge on any atom is 0.0587 e. The van der Waals surface area contributed by atoms with Crippen molar-refractivity contribution in [1.82, 2.24) is 0 Å². The predicted molar refractivity (Wildman–Crippen MR) is 22.6 cm³/mol. The first-order chi connectivity index (χ1) is 2.83. The SMILES string of the molecule is CC#N.CC#N.[Ni]. The second-order valence-electron chi connectivity index (χ2n) is 0.447. The average Bonchev–Trinajstić information content (AvgIpc) is 1.39. The van der Waals surface area contributed by atoms with Crippen LogP contribution in [0.15, 0.2) is 0 Å². The minimum atomic E-state index is 0. The first-order valence-corrected chi connectivity index (χ1v) is 1.45. The number of nitriles is 2. The second kappa shape index (κ2) is 50.4. The molecule has 0 aliphatic heterocycles. The Morgan fingerprint density at radius 2 is 1.00 bits per heavy atom. The molecule has 0 saturated heterocycles. The van der Waals surface area contributed by atoms with Crippen LogP contribution in [0.2, 0.25) is 0 Å². The molecule has 0 radical (unpaired) electrons. The Kier molecular flexibility index (Phi) is 116. The van der Waals surface area contributed by atoms with Crippen molar-refractivity contribution in [2.24, 2.45) is 0 Å². The number of hydrogen-bond donors (Lipinski definition) is 0. The molecule has 0 aliphatic rings. The van der Waals surface area contributed by atoms with Crippen LogP contribution in [0.1, 0.15) is 13.8 Å². The van der Waals surface area contributed by atoms with Crippen LogP contribution in [0.5, 0.6) is 0 Å². The quantitative estimate of drug-likeness (QED) is 0.473. The van der Waals surface area contributed by atoms with Crippen LogP contribution in [-0.2, 0) is 16.5 Å². The van der Waals surface area contributed by atoms with Crippen molar-refractivity contribution in [3.63, 3.8) is 0 Å². The van der Waals surface area contributed by atoms with E-state index < -0.39 is 0 Å². The molecule has 0 saturated carbocycles. The fraction of sp³-hybridized carbons (Fsp3) is 0.500. The van der Waals surface area contributed by atoms with Gasteiger partial charge in [0.05, 0.1) is 12.1 Å². The van der Waals surface area contributed by atoms with Crippen molar-refractivity contribution in [3.8, 4) is 12.1 Å². The van der Waals surface area contributed by atoms with Crippen molar-refractivity contribution in [1.29, 1.82) is 10.5 Å². The molecule has 0 fully saturated rings. The van der Waals surface area contributed by atoms with E-state index in [2.05, 4.69) is 0 Å². The van der Waals surface area contributed by atoms with Gasteiger partial charge in [-0.2, -0.15) is 10.5 Å². The van der Waals surface area contributed by atoms with Crippen molar-refractivity contribution in [2.45, 2.75) is 13.8 Å². The van der Waals surface area contributed by atoms with Gasteiger partial charge in [-0.3, -0.25) is 0 Å². The molecular formula is C4H6N2Ni. The van der Waals surface area contributed by atoms with E-state index in [1.54, 1.807) is 12.1 Å². The van der Waals surface area contributed by atoms with Gasteiger partial charge in [-0.25, -0.2) is 0 Å². The topological polar surface area (TPSA) is 47.6 Å². The maximum absolute atomic E-state index is 7.32. The predicted octanol–water partition coefficient (Wildman–Crippen LogP) is 1.06. The molecule has 0 unspecified atom stereocenters. The first-order valence-electron chi connectivity index (χ1n) is 1.45. The van der Waals surface area contributed by atoms with Gasteiger partial charge < -0.3 is 0 Å². The smallest absolute Gasteiger partial charge is 0.0587 e. The van der Waals surface area contributed by atoms with Crippen LogP contribution in [0.25, 0.3) is 0 Å². The zero-order valence-electron chi connectivity index (χ0n) is 4.21. The zero-order valence-corrected chi connectivity index (χ0v) is 5.20. The fourth-order valence-electron chi connectivity index (χ4n) is 0. The Labute approximate surface area is 53.7 Å². The minimum absolute atomic E-state index is 0. The van der Waals surface area contributed by atoms with Crippen molar-refractivity contribution in [2.75, 3.05) is 0 Å². The molecule has 0 aromatic rings. The third-order valence-electron chi connectivity index (χ3n) is 0. The largest absolute Gasteiger partial charge is 0.199 e. The van der Waals surface area contributed by atoms with E-state index in [0.29, 0.717) is 0 Å². The molecule has 0 aromatic heterocycles. The molecule has 2 nitrogen and oxygen atoms in total. The molecule has 42 valence electrons. The molecule has 0 atom stereocenters. The summed E-state index contributed by atoms with van der Waals surface area (Å²) in [7, 11) is 0. The summed E-state index contributed by atoms with van der Waals surface area (Å²) in [6.07, 6.45) is 0. The Bertz CT molecular complexity index is 64.7. The third kappa shape index (κ3) is 238. The summed E-state index contributed by atoms with van der Waals surface area (Å²) < 4.78 is 0. The number of hydrogen-bond acceptors (Lipinski definition) is 2. The van der Waals surface area contributed by atoms with Gasteiger partial charge in [0.1, 0.15) is 0 Å². The minimum Gasteiger partial charge on any atom is -0.199 e. The van der Waals surface area contributed by atoms with E-state index in [0.717, 1.165) is 0 Å². The number of rotatable bonds is 0. The Balaban J connectivity index is -0.0000000400. The average molecular weight is 141 g/mol. The molecule has 0 amide bonds. The summed E-state index contributed by atoms with van der Waals surface area (Å²) in [5.74, 6) is 0. The summed E-state index contributed by atoms with van der Waals surface area (Å²) in [5.41, 5.74) is 0. The maximum atomic E-state index is 7.32. The molecule has 0 aliphatic carbocycles. The summed E-state index contributed by atoms with van der Waals surface area (Å²) in [6.45, 7) is 2.86. The molecule has 0 heterocycles. The molecular weight excluding hydrogens is 135 g/mol. The van der Waals surface area contributed by atoms with Crippen LogP contribution in [0, 0.1) is 22.7 Å². The first kappa shape index (κ1) is 16.1. The van der Waals surface area contributed by atoms with E-state index in [4.69, 9.17) is 10.5 Å². The van der Waals surface area contributed by atoms with E-state index in [-0.39, 0.29) is 16.5 Å². The number of nitrogens with zero attached hydrogens (tertiary/aromatic N) is 2. The van der Waals surface area contributed by atoms with Gasteiger partial charge in [0.25, 0.3) is 0 Å². The zero-order chi connectivity index (χ0) is 5.41. The fourth-order valence-corrected chi connectivity index (χ4v) is 0. The molecule has 0 spiro atoms. The summed E-state index contributed by atoms with van der Waals surface area (Å²) >= 11 is 0. The van der Waals surface area contributed by atoms with E-state index in [1.165, 1.54) is 13.8 Å². The van der Waals surface area contributed by atoms with E-state index >= 15 is 0 Å². The van der Waals surface area contributed by atoms with Crippen molar-refractivity contribution >= 4 is 0 Å². The molecule has 0 aromatic carbocycles. The van der Waals surface area contributed by atoms with E-state index in [9.17, 15) is 0 Å². The van der Waals surface area contributed by atoms with Gasteiger partial charge >= 0.3 is 0 Å². The van der Waals surface area contributed by atoms with Crippen LogP contribution in [0.3, 0.4) is 0 Å². The van der Waals surface area contributed by atoms with Crippen LogP contribution in [0.4, 0.5) is 0 Å². The van der Waals surface area contributed by atoms with Crippen molar-refractivity contribution < 1.29 is 16.5 Å². The van der Waals surface area contributed by atoms with Crippen LogP contribution < -0.4 is 0 Å².